The molecule has 2 heteroatoms. The third-order valence-corrected chi connectivity index (χ3v) is 3.32. The summed E-state index contributed by atoms with van der Waals surface area (Å²) < 4.78 is 5.40. The molecule has 82 valence electrons. The fourth-order valence-corrected chi connectivity index (χ4v) is 2.38. The highest BCUT2D eigenvalue weighted by Crippen LogP contribution is 2.28. The first-order valence-corrected chi connectivity index (χ1v) is 5.86. The first kappa shape index (κ1) is 9.79. The van der Waals surface area contributed by atoms with E-state index in [1.807, 2.05) is 12.3 Å². The topological polar surface area (TPSA) is 22.1 Å². The van der Waals surface area contributed by atoms with E-state index >= 15 is 0 Å². The first-order chi connectivity index (χ1) is 7.93. The maximum Gasteiger partial charge on any atom is 0.0702 e. The smallest absolute Gasteiger partial charge is 0.0702 e. The molecule has 1 aromatic heterocycles. The van der Waals surface area contributed by atoms with Crippen LogP contribution in [0.15, 0.2) is 36.5 Å². The van der Waals surface area contributed by atoms with Crippen LogP contribution >= 0.6 is 0 Å². The molecular weight excluding hydrogens is 198 g/mol. The average molecular weight is 213 g/mol. The van der Waals surface area contributed by atoms with Crippen LogP contribution in [0.1, 0.15) is 24.3 Å². The number of rotatable bonds is 1. The predicted molar refractivity (Wildman–Crippen MR) is 64.5 cm³/mol. The van der Waals surface area contributed by atoms with Gasteiger partial charge in [0.25, 0.3) is 0 Å². The SMILES string of the molecule is c1cnc2ccc(C3CCOCC3)cc2c1. The number of aromatic nitrogens is 1. The van der Waals surface area contributed by atoms with Crippen LogP contribution in [0.4, 0.5) is 0 Å². The van der Waals surface area contributed by atoms with Gasteiger partial charge < -0.3 is 4.74 Å². The highest BCUT2D eigenvalue weighted by atomic mass is 16.5. The zero-order valence-corrected chi connectivity index (χ0v) is 9.23. The number of ether oxygens (including phenoxy) is 1. The second-order valence-corrected chi connectivity index (χ2v) is 4.34. The van der Waals surface area contributed by atoms with E-state index in [2.05, 4.69) is 29.2 Å². The minimum absolute atomic E-state index is 0.665. The van der Waals surface area contributed by atoms with Crippen molar-refractivity contribution >= 4 is 10.9 Å². The zero-order valence-electron chi connectivity index (χ0n) is 9.23. The molecular formula is C14H15NO. The normalized spacial score (nSPS) is 17.8. The van der Waals surface area contributed by atoms with E-state index in [4.69, 9.17) is 4.74 Å². The maximum absolute atomic E-state index is 5.40. The molecule has 3 rings (SSSR count). The molecule has 0 atom stereocenters. The van der Waals surface area contributed by atoms with E-state index in [1.54, 1.807) is 0 Å². The number of benzene rings is 1. The van der Waals surface area contributed by atoms with Gasteiger partial charge in [-0.25, -0.2) is 0 Å². The van der Waals surface area contributed by atoms with Crippen molar-refractivity contribution in [2.75, 3.05) is 13.2 Å². The van der Waals surface area contributed by atoms with Crippen LogP contribution in [0.5, 0.6) is 0 Å². The number of hydrogen-bond acceptors (Lipinski definition) is 2. The Labute approximate surface area is 95.3 Å². The molecule has 1 saturated heterocycles. The molecule has 0 aliphatic carbocycles. The quantitative estimate of drug-likeness (QED) is 0.726. The van der Waals surface area contributed by atoms with Crippen LogP contribution in [0, 0.1) is 0 Å². The number of nitrogens with zero attached hydrogens (tertiary/aromatic N) is 1. The molecule has 0 N–H and O–H groups in total. The second kappa shape index (κ2) is 4.22. The summed E-state index contributed by atoms with van der Waals surface area (Å²) in [7, 11) is 0. The molecule has 2 aromatic rings. The lowest BCUT2D eigenvalue weighted by molar-refractivity contribution is 0.0853. The van der Waals surface area contributed by atoms with Gasteiger partial charge in [-0.3, -0.25) is 4.98 Å². The summed E-state index contributed by atoms with van der Waals surface area (Å²) in [4.78, 5) is 4.34. The van der Waals surface area contributed by atoms with Crippen LogP contribution < -0.4 is 0 Å². The predicted octanol–water partition coefficient (Wildman–Crippen LogP) is 3.13. The third kappa shape index (κ3) is 1.81. The lowest BCUT2D eigenvalue weighted by Gasteiger charge is -2.22. The van der Waals surface area contributed by atoms with Crippen molar-refractivity contribution in [3.63, 3.8) is 0 Å². The summed E-state index contributed by atoms with van der Waals surface area (Å²) in [5.74, 6) is 0.665. The van der Waals surface area contributed by atoms with Crippen LogP contribution in [0.2, 0.25) is 0 Å². The van der Waals surface area contributed by atoms with Gasteiger partial charge in [0, 0.05) is 24.8 Å². The van der Waals surface area contributed by atoms with Crippen molar-refractivity contribution < 1.29 is 4.74 Å². The molecule has 0 radical (unpaired) electrons. The summed E-state index contributed by atoms with van der Waals surface area (Å²) in [5.41, 5.74) is 2.52. The monoisotopic (exact) mass is 213 g/mol. The van der Waals surface area contributed by atoms with E-state index < -0.39 is 0 Å². The highest BCUT2D eigenvalue weighted by molar-refractivity contribution is 5.79. The highest BCUT2D eigenvalue weighted by Gasteiger charge is 2.15. The van der Waals surface area contributed by atoms with E-state index in [0.717, 1.165) is 31.6 Å². The molecule has 0 spiro atoms. The first-order valence-electron chi connectivity index (χ1n) is 5.86. The van der Waals surface area contributed by atoms with Crippen LogP contribution in [0.25, 0.3) is 10.9 Å². The largest absolute Gasteiger partial charge is 0.381 e. The minimum Gasteiger partial charge on any atom is -0.381 e. The molecule has 0 amide bonds. The molecule has 1 fully saturated rings. The molecule has 1 aliphatic heterocycles. The average Bonchev–Trinajstić information content (AvgIpc) is 2.39. The Morgan fingerprint density at radius 2 is 2.00 bits per heavy atom. The second-order valence-electron chi connectivity index (χ2n) is 4.34. The van der Waals surface area contributed by atoms with Gasteiger partial charge in [0.2, 0.25) is 0 Å². The summed E-state index contributed by atoms with van der Waals surface area (Å²) in [6, 6.07) is 10.7. The van der Waals surface area contributed by atoms with E-state index in [9.17, 15) is 0 Å². The van der Waals surface area contributed by atoms with E-state index in [1.165, 1.54) is 10.9 Å². The van der Waals surface area contributed by atoms with Crippen molar-refractivity contribution in [1.82, 2.24) is 4.98 Å². The Bertz CT molecular complexity index is 489. The fraction of sp³-hybridized carbons (Fsp3) is 0.357. The van der Waals surface area contributed by atoms with Crippen LogP contribution in [0.3, 0.4) is 0 Å². The molecule has 0 saturated carbocycles. The van der Waals surface area contributed by atoms with Crippen molar-refractivity contribution in [3.8, 4) is 0 Å². The fourth-order valence-electron chi connectivity index (χ4n) is 2.38. The minimum atomic E-state index is 0.665. The maximum atomic E-state index is 5.40. The van der Waals surface area contributed by atoms with Gasteiger partial charge >= 0.3 is 0 Å². The zero-order chi connectivity index (χ0) is 10.8. The molecule has 0 unspecified atom stereocenters. The van der Waals surface area contributed by atoms with Gasteiger partial charge in [-0.1, -0.05) is 12.1 Å². The van der Waals surface area contributed by atoms with Crippen molar-refractivity contribution in [2.45, 2.75) is 18.8 Å². The van der Waals surface area contributed by atoms with Crippen molar-refractivity contribution in [2.24, 2.45) is 0 Å². The van der Waals surface area contributed by atoms with Crippen molar-refractivity contribution in [3.05, 3.63) is 42.1 Å². The summed E-state index contributed by atoms with van der Waals surface area (Å²) >= 11 is 0. The van der Waals surface area contributed by atoms with E-state index in [-0.39, 0.29) is 0 Å². The summed E-state index contributed by atoms with van der Waals surface area (Å²) in [6.45, 7) is 1.80. The third-order valence-electron chi connectivity index (χ3n) is 3.32. The molecule has 0 bridgehead atoms. The van der Waals surface area contributed by atoms with Gasteiger partial charge in [-0.15, -0.1) is 0 Å². The van der Waals surface area contributed by atoms with Gasteiger partial charge in [0.1, 0.15) is 0 Å². The molecule has 2 heterocycles. The lowest BCUT2D eigenvalue weighted by atomic mass is 9.91. The van der Waals surface area contributed by atoms with Gasteiger partial charge in [0.05, 0.1) is 5.52 Å². The Morgan fingerprint density at radius 3 is 2.88 bits per heavy atom. The number of pyridine rings is 1. The van der Waals surface area contributed by atoms with Gasteiger partial charge in [-0.05, 0) is 42.5 Å². The molecule has 16 heavy (non-hydrogen) atoms. The number of fused-ring (bicyclic) bond motifs is 1. The van der Waals surface area contributed by atoms with Crippen molar-refractivity contribution in [1.29, 1.82) is 0 Å². The Kier molecular flexibility index (Phi) is 2.58. The van der Waals surface area contributed by atoms with Gasteiger partial charge in [0.15, 0.2) is 0 Å². The Morgan fingerprint density at radius 1 is 1.12 bits per heavy atom. The van der Waals surface area contributed by atoms with E-state index in [0.29, 0.717) is 5.92 Å². The van der Waals surface area contributed by atoms with Crippen LogP contribution in [-0.4, -0.2) is 18.2 Å². The number of hydrogen-bond donors (Lipinski definition) is 0. The Hall–Kier alpha value is -1.41. The molecule has 1 aromatic carbocycles. The molecule has 2 nitrogen and oxygen atoms in total. The molecule has 1 aliphatic rings. The van der Waals surface area contributed by atoms with Crippen LogP contribution in [-0.2, 0) is 4.74 Å². The van der Waals surface area contributed by atoms with Gasteiger partial charge in [-0.2, -0.15) is 0 Å². The lowest BCUT2D eigenvalue weighted by Crippen LogP contribution is -2.13. The Balaban J connectivity index is 1.97. The summed E-state index contributed by atoms with van der Waals surface area (Å²) in [5, 5.41) is 1.24. The standard InChI is InChI=1S/C14H15NO/c1-2-13-10-12(3-4-14(13)15-7-1)11-5-8-16-9-6-11/h1-4,7,10-11H,5-6,8-9H2. The summed E-state index contributed by atoms with van der Waals surface area (Å²) in [6.07, 6.45) is 4.13.